The number of aromatic nitrogens is 8. The summed E-state index contributed by atoms with van der Waals surface area (Å²) in [5, 5.41) is 19.3. The summed E-state index contributed by atoms with van der Waals surface area (Å²) in [4.78, 5) is 9.61. The highest BCUT2D eigenvalue weighted by Crippen LogP contribution is 2.31. The Morgan fingerprint density at radius 3 is 2.65 bits per heavy atom. The molecule has 1 aromatic carbocycles. The second-order valence-corrected chi connectivity index (χ2v) is 9.18. The Morgan fingerprint density at radius 2 is 1.88 bits per heavy atom. The first-order valence-electron chi connectivity index (χ1n) is 12.5. The average Bonchev–Trinajstić information content (AvgIpc) is 3.56. The number of unbranched alkanes of at least 4 members (excludes halogenated alkanes) is 2. The largest absolute Gasteiger partial charge is 0.255 e. The lowest BCUT2D eigenvalue weighted by atomic mass is 9.89. The zero-order valence-electron chi connectivity index (χ0n) is 19.8. The fourth-order valence-corrected chi connectivity index (χ4v) is 4.81. The Morgan fingerprint density at radius 1 is 1.03 bits per heavy atom. The van der Waals surface area contributed by atoms with Crippen molar-refractivity contribution in [3.63, 3.8) is 0 Å². The number of nitrogens with zero attached hydrogens (tertiary/aromatic N) is 7. The number of benzene rings is 1. The molecule has 1 saturated carbocycles. The van der Waals surface area contributed by atoms with Crippen molar-refractivity contribution in [2.75, 3.05) is 0 Å². The molecule has 0 atom stereocenters. The van der Waals surface area contributed by atoms with E-state index in [2.05, 4.69) is 61.5 Å². The van der Waals surface area contributed by atoms with Crippen LogP contribution in [0.25, 0.3) is 22.6 Å². The van der Waals surface area contributed by atoms with E-state index < -0.39 is 0 Å². The van der Waals surface area contributed by atoms with Crippen molar-refractivity contribution in [2.24, 2.45) is 0 Å². The van der Waals surface area contributed by atoms with Gasteiger partial charge in [-0.3, -0.25) is 4.98 Å². The maximum Gasteiger partial charge on any atom is 0.181 e. The molecule has 8 nitrogen and oxygen atoms in total. The fourth-order valence-electron chi connectivity index (χ4n) is 4.81. The molecular formula is C26H32N8. The van der Waals surface area contributed by atoms with Crippen molar-refractivity contribution in [3.8, 4) is 22.6 Å². The van der Waals surface area contributed by atoms with Crippen LogP contribution in [-0.2, 0) is 13.0 Å². The van der Waals surface area contributed by atoms with E-state index in [1.807, 2.05) is 12.1 Å². The molecule has 1 fully saturated rings. The molecule has 1 N–H and O–H groups in total. The summed E-state index contributed by atoms with van der Waals surface area (Å²) in [6, 6.07) is 12.4. The SMILES string of the molecule is CCCCCc1nc(C2CCCCC2)nn1Cc1ccc(-c2ncccc2-c2nnn[nH]2)cc1. The molecule has 0 aliphatic heterocycles. The van der Waals surface area contributed by atoms with E-state index >= 15 is 0 Å². The van der Waals surface area contributed by atoms with Crippen molar-refractivity contribution in [1.82, 2.24) is 40.4 Å². The molecule has 3 heterocycles. The van der Waals surface area contributed by atoms with Gasteiger partial charge in [0.15, 0.2) is 11.6 Å². The summed E-state index contributed by atoms with van der Waals surface area (Å²) >= 11 is 0. The van der Waals surface area contributed by atoms with E-state index in [-0.39, 0.29) is 0 Å². The smallest absolute Gasteiger partial charge is 0.181 e. The Bertz CT molecular complexity index is 1170. The van der Waals surface area contributed by atoms with E-state index in [1.54, 1.807) is 6.20 Å². The molecule has 0 amide bonds. The normalized spacial score (nSPS) is 14.5. The van der Waals surface area contributed by atoms with Gasteiger partial charge in [0.1, 0.15) is 5.82 Å². The second kappa shape index (κ2) is 10.7. The third-order valence-corrected chi connectivity index (χ3v) is 6.71. The molecule has 0 bridgehead atoms. The van der Waals surface area contributed by atoms with Crippen LogP contribution in [0.2, 0.25) is 0 Å². The number of hydrogen-bond donors (Lipinski definition) is 1. The summed E-state index contributed by atoms with van der Waals surface area (Å²) in [6.45, 7) is 2.98. The lowest BCUT2D eigenvalue weighted by Gasteiger charge is -2.18. The molecule has 8 heteroatoms. The van der Waals surface area contributed by atoms with E-state index in [1.165, 1.54) is 50.5 Å². The Kier molecular flexibility index (Phi) is 7.02. The first-order chi connectivity index (χ1) is 16.8. The molecule has 4 aromatic rings. The minimum absolute atomic E-state index is 0.524. The summed E-state index contributed by atoms with van der Waals surface area (Å²) < 4.78 is 2.14. The molecule has 5 rings (SSSR count). The van der Waals surface area contributed by atoms with Crippen molar-refractivity contribution in [3.05, 3.63) is 59.8 Å². The second-order valence-electron chi connectivity index (χ2n) is 9.18. The molecule has 34 heavy (non-hydrogen) atoms. The summed E-state index contributed by atoms with van der Waals surface area (Å²) in [5.74, 6) is 3.32. The number of aromatic amines is 1. The van der Waals surface area contributed by atoms with Crippen LogP contribution in [0.1, 0.15) is 81.4 Å². The van der Waals surface area contributed by atoms with Gasteiger partial charge in [0, 0.05) is 29.7 Å². The molecule has 1 aliphatic carbocycles. The van der Waals surface area contributed by atoms with Crippen LogP contribution in [0, 0.1) is 0 Å². The van der Waals surface area contributed by atoms with Gasteiger partial charge in [0.2, 0.25) is 0 Å². The zero-order chi connectivity index (χ0) is 23.2. The van der Waals surface area contributed by atoms with Crippen LogP contribution in [0.3, 0.4) is 0 Å². The van der Waals surface area contributed by atoms with E-state index in [0.29, 0.717) is 11.7 Å². The summed E-state index contributed by atoms with van der Waals surface area (Å²) in [6.07, 6.45) is 12.8. The van der Waals surface area contributed by atoms with E-state index in [0.717, 1.165) is 47.9 Å². The zero-order valence-corrected chi connectivity index (χ0v) is 19.8. The minimum Gasteiger partial charge on any atom is -0.255 e. The molecule has 1 aliphatic rings. The predicted octanol–water partition coefficient (Wildman–Crippen LogP) is 5.35. The maximum absolute atomic E-state index is 5.03. The van der Waals surface area contributed by atoms with Gasteiger partial charge < -0.3 is 0 Å². The quantitative estimate of drug-likeness (QED) is 0.341. The Labute approximate surface area is 200 Å². The van der Waals surface area contributed by atoms with Crippen LogP contribution in [0.15, 0.2) is 42.6 Å². The van der Waals surface area contributed by atoms with Gasteiger partial charge in [-0.2, -0.15) is 5.10 Å². The monoisotopic (exact) mass is 456 g/mol. The third kappa shape index (κ3) is 5.05. The lowest BCUT2D eigenvalue weighted by molar-refractivity contribution is 0.426. The predicted molar refractivity (Wildman–Crippen MR) is 131 cm³/mol. The molecule has 3 aromatic heterocycles. The van der Waals surface area contributed by atoms with Gasteiger partial charge in [-0.25, -0.2) is 14.8 Å². The summed E-state index contributed by atoms with van der Waals surface area (Å²) in [5.41, 5.74) is 3.97. The highest BCUT2D eigenvalue weighted by Gasteiger charge is 2.21. The van der Waals surface area contributed by atoms with Crippen molar-refractivity contribution in [1.29, 1.82) is 0 Å². The molecular weight excluding hydrogens is 424 g/mol. The van der Waals surface area contributed by atoms with Crippen molar-refractivity contribution in [2.45, 2.75) is 77.2 Å². The molecule has 0 radical (unpaired) electrons. The van der Waals surface area contributed by atoms with E-state index in [4.69, 9.17) is 10.1 Å². The number of H-pyrrole nitrogens is 1. The van der Waals surface area contributed by atoms with E-state index in [9.17, 15) is 0 Å². The highest BCUT2D eigenvalue weighted by atomic mass is 15.5. The van der Waals surface area contributed by atoms with Gasteiger partial charge in [0.25, 0.3) is 0 Å². The number of tetrazole rings is 1. The fraction of sp³-hybridized carbons (Fsp3) is 0.462. The third-order valence-electron chi connectivity index (χ3n) is 6.71. The molecule has 0 spiro atoms. The number of hydrogen-bond acceptors (Lipinski definition) is 6. The highest BCUT2D eigenvalue weighted by molar-refractivity contribution is 5.76. The van der Waals surface area contributed by atoms with Gasteiger partial charge in [0.05, 0.1) is 12.2 Å². The van der Waals surface area contributed by atoms with Crippen molar-refractivity contribution >= 4 is 0 Å². The van der Waals surface area contributed by atoms with Gasteiger partial charge >= 0.3 is 0 Å². The number of rotatable bonds is 9. The topological polar surface area (TPSA) is 98.1 Å². The number of pyridine rings is 1. The Balaban J connectivity index is 1.37. The van der Waals surface area contributed by atoms with Crippen LogP contribution >= 0.6 is 0 Å². The minimum atomic E-state index is 0.524. The maximum atomic E-state index is 5.03. The van der Waals surface area contributed by atoms with Crippen LogP contribution < -0.4 is 0 Å². The number of aryl methyl sites for hydroxylation is 1. The van der Waals surface area contributed by atoms with Crippen LogP contribution in [-0.4, -0.2) is 40.4 Å². The molecule has 176 valence electrons. The van der Waals surface area contributed by atoms with Gasteiger partial charge in [-0.05, 0) is 47.4 Å². The number of nitrogens with one attached hydrogen (secondary N) is 1. The Hall–Kier alpha value is -3.42. The summed E-state index contributed by atoms with van der Waals surface area (Å²) in [7, 11) is 0. The molecule has 0 unspecified atom stereocenters. The standard InChI is InChI=1S/C26H32N8/c1-2-3-5-12-23-28-25(21-9-6-4-7-10-21)31-34(23)18-19-13-15-20(16-14-19)24-22(11-8-17-27-24)26-29-32-33-30-26/h8,11,13-17,21H,2-7,9-10,12,18H2,1H3,(H,29,30,32,33). The van der Waals surface area contributed by atoms with Gasteiger partial charge in [-0.1, -0.05) is 63.3 Å². The van der Waals surface area contributed by atoms with Gasteiger partial charge in [-0.15, -0.1) is 5.10 Å². The molecule has 0 saturated heterocycles. The first kappa shape index (κ1) is 22.4. The average molecular weight is 457 g/mol. The van der Waals surface area contributed by atoms with Crippen LogP contribution in [0.4, 0.5) is 0 Å². The lowest BCUT2D eigenvalue weighted by Crippen LogP contribution is -2.09. The first-order valence-corrected chi connectivity index (χ1v) is 12.5. The van der Waals surface area contributed by atoms with Crippen LogP contribution in [0.5, 0.6) is 0 Å². The van der Waals surface area contributed by atoms with Crippen molar-refractivity contribution < 1.29 is 0 Å².